The maximum absolute atomic E-state index is 5.71. The van der Waals surface area contributed by atoms with Gasteiger partial charge in [0.1, 0.15) is 15.8 Å². The van der Waals surface area contributed by atoms with Gasteiger partial charge in [-0.1, -0.05) is 12.1 Å². The normalized spacial score (nSPS) is 10.6. The van der Waals surface area contributed by atoms with Crippen molar-refractivity contribution in [3.63, 3.8) is 0 Å². The molecule has 1 aromatic heterocycles. The van der Waals surface area contributed by atoms with Crippen molar-refractivity contribution in [1.29, 1.82) is 0 Å². The van der Waals surface area contributed by atoms with Gasteiger partial charge in [-0.2, -0.15) is 0 Å². The number of ether oxygens (including phenoxy) is 1. The average molecular weight is 277 g/mol. The molecule has 2 rings (SSSR count). The number of hydrogen-bond acceptors (Lipinski definition) is 5. The van der Waals surface area contributed by atoms with E-state index in [9.17, 15) is 0 Å². The molecule has 2 aromatic rings. The summed E-state index contributed by atoms with van der Waals surface area (Å²) in [6.07, 6.45) is 1.75. The van der Waals surface area contributed by atoms with Crippen LogP contribution in [0.1, 0.15) is 15.6 Å². The lowest BCUT2D eigenvalue weighted by molar-refractivity contribution is 0.321. The molecule has 0 radical (unpaired) electrons. The van der Waals surface area contributed by atoms with Crippen molar-refractivity contribution in [2.75, 3.05) is 20.2 Å². The third-order valence-corrected chi connectivity index (χ3v) is 3.71. The Hall–Kier alpha value is -1.46. The topological polar surface area (TPSA) is 47.0 Å². The summed E-state index contributed by atoms with van der Waals surface area (Å²) in [6.45, 7) is 3.64. The Morgan fingerprint density at radius 2 is 2.00 bits per heavy atom. The summed E-state index contributed by atoms with van der Waals surface area (Å²) < 4.78 is 5.71. The van der Waals surface area contributed by atoms with Gasteiger partial charge in [-0.25, -0.2) is 0 Å². The molecule has 0 saturated heterocycles. The molecule has 1 aromatic carbocycles. The van der Waals surface area contributed by atoms with Crippen LogP contribution in [0.25, 0.3) is 0 Å². The van der Waals surface area contributed by atoms with Crippen LogP contribution in [0.4, 0.5) is 0 Å². The molecular formula is C14H19N3OS. The maximum atomic E-state index is 5.71. The summed E-state index contributed by atoms with van der Waals surface area (Å²) in [6, 6.07) is 8.08. The Morgan fingerprint density at radius 1 is 1.21 bits per heavy atom. The van der Waals surface area contributed by atoms with Gasteiger partial charge in [0.2, 0.25) is 0 Å². The molecule has 0 aliphatic carbocycles. The molecule has 19 heavy (non-hydrogen) atoms. The van der Waals surface area contributed by atoms with Crippen LogP contribution in [0, 0.1) is 6.92 Å². The van der Waals surface area contributed by atoms with E-state index in [-0.39, 0.29) is 0 Å². The van der Waals surface area contributed by atoms with Crippen molar-refractivity contribution in [3.05, 3.63) is 39.8 Å². The van der Waals surface area contributed by atoms with E-state index in [4.69, 9.17) is 4.74 Å². The summed E-state index contributed by atoms with van der Waals surface area (Å²) in [5, 5.41) is 13.6. The van der Waals surface area contributed by atoms with E-state index in [1.54, 1.807) is 11.3 Å². The van der Waals surface area contributed by atoms with Crippen molar-refractivity contribution in [2.24, 2.45) is 0 Å². The minimum atomic E-state index is 0.643. The van der Waals surface area contributed by atoms with E-state index < -0.39 is 0 Å². The number of aromatic nitrogens is 2. The Labute approximate surface area is 117 Å². The summed E-state index contributed by atoms with van der Waals surface area (Å²) in [5.41, 5.74) is 1.21. The number of aryl methyl sites for hydroxylation is 1. The van der Waals surface area contributed by atoms with E-state index >= 15 is 0 Å². The van der Waals surface area contributed by atoms with Crippen molar-refractivity contribution >= 4 is 11.3 Å². The van der Waals surface area contributed by atoms with E-state index in [0.29, 0.717) is 6.61 Å². The first-order valence-electron chi connectivity index (χ1n) is 6.43. The Bertz CT molecular complexity index is 513. The number of nitrogens with one attached hydrogen (secondary N) is 1. The largest absolute Gasteiger partial charge is 0.493 e. The third kappa shape index (κ3) is 4.61. The average Bonchev–Trinajstić information content (AvgIpc) is 2.84. The fraction of sp³-hybridized carbons (Fsp3) is 0.429. The highest BCUT2D eigenvalue weighted by atomic mass is 32.1. The van der Waals surface area contributed by atoms with E-state index in [0.717, 1.165) is 35.2 Å². The highest BCUT2D eigenvalue weighted by Crippen LogP contribution is 2.14. The molecule has 0 amide bonds. The molecule has 0 fully saturated rings. The lowest BCUT2D eigenvalue weighted by atomic mass is 10.2. The molecule has 0 bridgehead atoms. The van der Waals surface area contributed by atoms with Crippen LogP contribution in [-0.2, 0) is 12.8 Å². The van der Waals surface area contributed by atoms with Crippen LogP contribution in [0.15, 0.2) is 24.3 Å². The van der Waals surface area contributed by atoms with Crippen LogP contribution >= 0.6 is 11.3 Å². The van der Waals surface area contributed by atoms with Gasteiger partial charge in [-0.05, 0) is 31.7 Å². The first kappa shape index (κ1) is 14.0. The summed E-state index contributed by atoms with van der Waals surface area (Å²) in [4.78, 5) is 0. The summed E-state index contributed by atoms with van der Waals surface area (Å²) in [7, 11) is 1.94. The maximum Gasteiger partial charge on any atom is 0.120 e. The number of rotatable bonds is 7. The van der Waals surface area contributed by atoms with Gasteiger partial charge < -0.3 is 10.1 Å². The molecule has 0 atom stereocenters. The monoisotopic (exact) mass is 277 g/mol. The Balaban J connectivity index is 1.77. The second-order valence-corrected chi connectivity index (χ2v) is 5.50. The van der Waals surface area contributed by atoms with Gasteiger partial charge >= 0.3 is 0 Å². The zero-order valence-corrected chi connectivity index (χ0v) is 12.2. The fourth-order valence-electron chi connectivity index (χ4n) is 1.68. The molecule has 1 heterocycles. The first-order chi connectivity index (χ1) is 9.28. The standard InChI is InChI=1S/C14H19N3OS/c1-11-4-3-5-12(10-11)18-9-7-14-17-16-13(19-14)6-8-15-2/h3-5,10,15H,6-9H2,1-2H3. The van der Waals surface area contributed by atoms with Gasteiger partial charge in [0.05, 0.1) is 6.61 Å². The second-order valence-electron chi connectivity index (χ2n) is 4.36. The Kier molecular flexibility index (Phi) is 5.30. The minimum Gasteiger partial charge on any atom is -0.493 e. The number of likely N-dealkylation sites (N-methyl/N-ethyl adjacent to an activating group) is 1. The van der Waals surface area contributed by atoms with Gasteiger partial charge in [0.25, 0.3) is 0 Å². The minimum absolute atomic E-state index is 0.643. The molecule has 5 heteroatoms. The van der Waals surface area contributed by atoms with Crippen molar-refractivity contribution < 1.29 is 4.74 Å². The fourth-order valence-corrected chi connectivity index (χ4v) is 2.51. The quantitative estimate of drug-likeness (QED) is 0.843. The number of benzene rings is 1. The molecule has 4 nitrogen and oxygen atoms in total. The molecule has 0 saturated carbocycles. The van der Waals surface area contributed by atoms with E-state index in [1.165, 1.54) is 5.56 Å². The van der Waals surface area contributed by atoms with Crippen molar-refractivity contribution in [1.82, 2.24) is 15.5 Å². The Morgan fingerprint density at radius 3 is 2.74 bits per heavy atom. The van der Waals surface area contributed by atoms with Crippen molar-refractivity contribution in [2.45, 2.75) is 19.8 Å². The second kappa shape index (κ2) is 7.21. The van der Waals surface area contributed by atoms with Crippen LogP contribution in [0.3, 0.4) is 0 Å². The van der Waals surface area contributed by atoms with Crippen LogP contribution < -0.4 is 10.1 Å². The molecule has 0 unspecified atom stereocenters. The summed E-state index contributed by atoms with van der Waals surface area (Å²) >= 11 is 1.67. The predicted octanol–water partition coefficient (Wildman–Crippen LogP) is 2.23. The van der Waals surface area contributed by atoms with Gasteiger partial charge in [-0.3, -0.25) is 0 Å². The zero-order chi connectivity index (χ0) is 13.5. The number of nitrogens with zero attached hydrogens (tertiary/aromatic N) is 2. The molecule has 0 aliphatic heterocycles. The van der Waals surface area contributed by atoms with Gasteiger partial charge in [0, 0.05) is 19.4 Å². The predicted molar refractivity (Wildman–Crippen MR) is 77.9 cm³/mol. The van der Waals surface area contributed by atoms with Gasteiger partial charge in [-0.15, -0.1) is 21.5 Å². The van der Waals surface area contributed by atoms with Crippen LogP contribution in [0.2, 0.25) is 0 Å². The van der Waals surface area contributed by atoms with E-state index in [1.807, 2.05) is 25.2 Å². The smallest absolute Gasteiger partial charge is 0.120 e. The van der Waals surface area contributed by atoms with Gasteiger partial charge in [0.15, 0.2) is 0 Å². The lowest BCUT2D eigenvalue weighted by Crippen LogP contribution is -2.09. The summed E-state index contributed by atoms with van der Waals surface area (Å²) in [5.74, 6) is 0.917. The zero-order valence-electron chi connectivity index (χ0n) is 11.3. The van der Waals surface area contributed by atoms with Crippen LogP contribution in [0.5, 0.6) is 5.75 Å². The molecule has 0 aliphatic rings. The number of hydrogen-bond donors (Lipinski definition) is 1. The molecule has 102 valence electrons. The SMILES string of the molecule is CNCCc1nnc(CCOc2cccc(C)c2)s1. The van der Waals surface area contributed by atoms with Crippen LogP contribution in [-0.4, -0.2) is 30.4 Å². The molecular weight excluding hydrogens is 258 g/mol. The highest BCUT2D eigenvalue weighted by Gasteiger charge is 2.04. The highest BCUT2D eigenvalue weighted by molar-refractivity contribution is 7.11. The first-order valence-corrected chi connectivity index (χ1v) is 7.25. The third-order valence-electron chi connectivity index (χ3n) is 2.67. The lowest BCUT2D eigenvalue weighted by Gasteiger charge is -2.04. The molecule has 0 spiro atoms. The van der Waals surface area contributed by atoms with Crippen molar-refractivity contribution in [3.8, 4) is 5.75 Å². The van der Waals surface area contributed by atoms with E-state index in [2.05, 4.69) is 28.5 Å². The molecule has 1 N–H and O–H groups in total.